The first-order valence-corrected chi connectivity index (χ1v) is 9.98. The first-order valence-electron chi connectivity index (χ1n) is 9.23. The highest BCUT2D eigenvalue weighted by Crippen LogP contribution is 2.27. The zero-order valence-electron chi connectivity index (χ0n) is 17.1. The highest BCUT2D eigenvalue weighted by Gasteiger charge is 2.14. The molecule has 0 bridgehead atoms. The van der Waals surface area contributed by atoms with Crippen molar-refractivity contribution in [2.24, 2.45) is 5.10 Å². The second-order valence-corrected chi connectivity index (χ2v) is 7.48. The minimum absolute atomic E-state index is 0.315. The van der Waals surface area contributed by atoms with Crippen molar-refractivity contribution < 1.29 is 14.3 Å². The van der Waals surface area contributed by atoms with Crippen LogP contribution < -0.4 is 15.5 Å². The molecule has 0 fully saturated rings. The summed E-state index contributed by atoms with van der Waals surface area (Å²) < 4.78 is 7.09. The number of carbonyl (C=O) groups excluding carboxylic acids is 2. The quantitative estimate of drug-likeness (QED) is 0.335. The fourth-order valence-corrected chi connectivity index (χ4v) is 3.43. The summed E-state index contributed by atoms with van der Waals surface area (Å²) in [5, 5.41) is 7.33. The van der Waals surface area contributed by atoms with Gasteiger partial charge in [0.2, 0.25) is 0 Å². The van der Waals surface area contributed by atoms with E-state index in [2.05, 4.69) is 15.8 Å². The lowest BCUT2D eigenvalue weighted by molar-refractivity contribution is -0.136. The molecule has 2 aromatic carbocycles. The number of aryl methyl sites for hydroxylation is 1. The summed E-state index contributed by atoms with van der Waals surface area (Å²) in [4.78, 5) is 24.1. The smallest absolute Gasteiger partial charge is 0.329 e. The van der Waals surface area contributed by atoms with Crippen molar-refractivity contribution in [2.45, 2.75) is 13.8 Å². The minimum Gasteiger partial charge on any atom is -0.495 e. The van der Waals surface area contributed by atoms with Crippen molar-refractivity contribution >= 4 is 46.9 Å². The molecule has 2 N–H and O–H groups in total. The molecule has 0 spiro atoms. The van der Waals surface area contributed by atoms with Crippen LogP contribution in [-0.2, 0) is 9.59 Å². The van der Waals surface area contributed by atoms with E-state index in [4.69, 9.17) is 27.9 Å². The first-order chi connectivity index (χ1) is 14.8. The Morgan fingerprint density at radius 2 is 1.74 bits per heavy atom. The Kier molecular flexibility index (Phi) is 6.99. The van der Waals surface area contributed by atoms with Gasteiger partial charge in [0.05, 0.1) is 18.3 Å². The Morgan fingerprint density at radius 1 is 1.03 bits per heavy atom. The Bertz CT molecular complexity index is 1150. The highest BCUT2D eigenvalue weighted by atomic mass is 35.5. The van der Waals surface area contributed by atoms with E-state index in [1.165, 1.54) is 19.4 Å². The van der Waals surface area contributed by atoms with E-state index < -0.39 is 11.8 Å². The number of benzene rings is 2. The molecule has 0 radical (unpaired) electrons. The van der Waals surface area contributed by atoms with Crippen molar-refractivity contribution in [3.8, 4) is 11.4 Å². The van der Waals surface area contributed by atoms with Gasteiger partial charge in [0.25, 0.3) is 0 Å². The number of hydrazone groups is 1. The molecule has 0 saturated carbocycles. The molecule has 3 aromatic rings. The zero-order valence-corrected chi connectivity index (χ0v) is 18.6. The van der Waals surface area contributed by atoms with Crippen LogP contribution in [0.2, 0.25) is 10.0 Å². The maximum atomic E-state index is 12.1. The number of aromatic nitrogens is 1. The van der Waals surface area contributed by atoms with Gasteiger partial charge in [-0.15, -0.1) is 0 Å². The SMILES string of the molecule is COc1ccc(NC(=O)C(=O)N/N=C\c2cc(C)n(-c3ccc(Cl)cc3)c2C)cc1Cl. The topological polar surface area (TPSA) is 84.7 Å². The molecular formula is C22H20Cl2N4O3. The van der Waals surface area contributed by atoms with Gasteiger partial charge >= 0.3 is 11.8 Å². The molecule has 0 unspecified atom stereocenters. The standard InChI is InChI=1S/C22H20Cl2N4O3/c1-13-10-15(14(2)28(13)18-7-4-16(23)5-8-18)12-25-27-22(30)21(29)26-17-6-9-20(31-3)19(24)11-17/h4-12H,1-3H3,(H,26,29)(H,27,30)/b25-12-. The minimum atomic E-state index is -0.908. The predicted molar refractivity (Wildman–Crippen MR) is 123 cm³/mol. The highest BCUT2D eigenvalue weighted by molar-refractivity contribution is 6.40. The van der Waals surface area contributed by atoms with Gasteiger partial charge in [0, 0.05) is 33.3 Å². The molecule has 160 valence electrons. The summed E-state index contributed by atoms with van der Waals surface area (Å²) in [6, 6.07) is 14.0. The third-order valence-electron chi connectivity index (χ3n) is 4.54. The van der Waals surface area contributed by atoms with E-state index in [1.807, 2.05) is 48.7 Å². The van der Waals surface area contributed by atoms with Crippen LogP contribution in [0.4, 0.5) is 5.69 Å². The maximum absolute atomic E-state index is 12.1. The molecule has 0 aliphatic rings. The second kappa shape index (κ2) is 9.68. The predicted octanol–water partition coefficient (Wildman–Crippen LogP) is 4.50. The van der Waals surface area contributed by atoms with Gasteiger partial charge in [0.15, 0.2) is 0 Å². The molecule has 9 heteroatoms. The summed E-state index contributed by atoms with van der Waals surface area (Å²) in [6.07, 6.45) is 1.49. The summed E-state index contributed by atoms with van der Waals surface area (Å²) >= 11 is 12.0. The molecule has 7 nitrogen and oxygen atoms in total. The number of ether oxygens (including phenoxy) is 1. The van der Waals surface area contributed by atoms with Crippen molar-refractivity contribution in [3.63, 3.8) is 0 Å². The van der Waals surface area contributed by atoms with Crippen molar-refractivity contribution in [1.29, 1.82) is 0 Å². The third kappa shape index (κ3) is 5.25. The number of nitrogens with one attached hydrogen (secondary N) is 2. The van der Waals surface area contributed by atoms with Crippen LogP contribution in [0.3, 0.4) is 0 Å². The van der Waals surface area contributed by atoms with E-state index in [0.29, 0.717) is 21.5 Å². The van der Waals surface area contributed by atoms with Gasteiger partial charge < -0.3 is 14.6 Å². The molecule has 1 heterocycles. The monoisotopic (exact) mass is 458 g/mol. The summed E-state index contributed by atoms with van der Waals surface area (Å²) in [6.45, 7) is 3.90. The van der Waals surface area contributed by atoms with Crippen LogP contribution in [0, 0.1) is 13.8 Å². The number of rotatable bonds is 5. The molecule has 0 aliphatic carbocycles. The average molecular weight is 459 g/mol. The van der Waals surface area contributed by atoms with Crippen LogP contribution in [0.5, 0.6) is 5.75 Å². The number of methoxy groups -OCH3 is 1. The van der Waals surface area contributed by atoms with Crippen LogP contribution in [0.1, 0.15) is 17.0 Å². The fourth-order valence-electron chi connectivity index (χ4n) is 3.05. The molecule has 0 saturated heterocycles. The normalized spacial score (nSPS) is 10.9. The Morgan fingerprint density at radius 3 is 2.39 bits per heavy atom. The Labute approximate surface area is 189 Å². The first kappa shape index (κ1) is 22.4. The van der Waals surface area contributed by atoms with Crippen LogP contribution in [0.25, 0.3) is 5.69 Å². The molecular weight excluding hydrogens is 439 g/mol. The van der Waals surface area contributed by atoms with E-state index >= 15 is 0 Å². The number of carbonyl (C=O) groups is 2. The molecule has 1 aromatic heterocycles. The summed E-state index contributed by atoms with van der Waals surface area (Å²) in [7, 11) is 1.48. The van der Waals surface area contributed by atoms with Crippen molar-refractivity contribution in [2.75, 3.05) is 12.4 Å². The van der Waals surface area contributed by atoms with Gasteiger partial charge in [-0.25, -0.2) is 5.43 Å². The Balaban J connectivity index is 1.65. The molecule has 0 aliphatic heterocycles. The van der Waals surface area contributed by atoms with Crippen LogP contribution in [-0.4, -0.2) is 29.7 Å². The maximum Gasteiger partial charge on any atom is 0.329 e. The number of nitrogens with zero attached hydrogens (tertiary/aromatic N) is 2. The van der Waals surface area contributed by atoms with Crippen molar-refractivity contribution in [3.05, 3.63) is 75.5 Å². The lowest BCUT2D eigenvalue weighted by Gasteiger charge is -2.09. The Hall–Kier alpha value is -3.29. The van der Waals surface area contributed by atoms with Crippen molar-refractivity contribution in [1.82, 2.24) is 9.99 Å². The number of halogens is 2. The average Bonchev–Trinajstić information content (AvgIpc) is 3.02. The molecule has 3 rings (SSSR count). The number of amides is 2. The lowest BCUT2D eigenvalue weighted by atomic mass is 10.2. The largest absolute Gasteiger partial charge is 0.495 e. The number of hydrogen-bond donors (Lipinski definition) is 2. The fraction of sp³-hybridized carbons (Fsp3) is 0.136. The zero-order chi connectivity index (χ0) is 22.5. The van der Waals surface area contributed by atoms with Gasteiger partial charge in [-0.05, 0) is 62.4 Å². The van der Waals surface area contributed by atoms with E-state index in [0.717, 1.165) is 22.6 Å². The van der Waals surface area contributed by atoms with Gasteiger partial charge in [0.1, 0.15) is 5.75 Å². The lowest BCUT2D eigenvalue weighted by Crippen LogP contribution is -2.32. The number of anilines is 1. The van der Waals surface area contributed by atoms with Gasteiger partial charge in [-0.2, -0.15) is 5.10 Å². The van der Waals surface area contributed by atoms with Gasteiger partial charge in [-0.1, -0.05) is 23.2 Å². The van der Waals surface area contributed by atoms with Crippen LogP contribution in [0.15, 0.2) is 53.6 Å². The van der Waals surface area contributed by atoms with E-state index in [1.54, 1.807) is 12.1 Å². The molecule has 31 heavy (non-hydrogen) atoms. The summed E-state index contributed by atoms with van der Waals surface area (Å²) in [5.41, 5.74) is 6.26. The van der Waals surface area contributed by atoms with Gasteiger partial charge in [-0.3, -0.25) is 9.59 Å². The molecule has 0 atom stereocenters. The second-order valence-electron chi connectivity index (χ2n) is 6.64. The molecule has 2 amide bonds. The van der Waals surface area contributed by atoms with E-state index in [-0.39, 0.29) is 0 Å². The van der Waals surface area contributed by atoms with Crippen LogP contribution >= 0.6 is 23.2 Å². The summed E-state index contributed by atoms with van der Waals surface area (Å²) in [5.74, 6) is -1.32. The third-order valence-corrected chi connectivity index (χ3v) is 5.09. The van der Waals surface area contributed by atoms with E-state index in [9.17, 15) is 9.59 Å². The number of hydrogen-bond acceptors (Lipinski definition) is 4.